The molecule has 0 aromatic carbocycles. The van der Waals surface area contributed by atoms with Crippen molar-refractivity contribution in [3.63, 3.8) is 0 Å². The fourth-order valence-electron chi connectivity index (χ4n) is 1.54. The van der Waals surface area contributed by atoms with Crippen molar-refractivity contribution in [2.24, 2.45) is 0 Å². The summed E-state index contributed by atoms with van der Waals surface area (Å²) in [6.45, 7) is 2.43. The first-order chi connectivity index (χ1) is 7.74. The molecule has 0 unspecified atom stereocenters. The van der Waals surface area contributed by atoms with E-state index in [2.05, 4.69) is 15.9 Å². The largest absolute Gasteiger partial charge is 0.383 e. The zero-order valence-corrected chi connectivity index (χ0v) is 9.01. The van der Waals surface area contributed by atoms with Gasteiger partial charge in [-0.2, -0.15) is 0 Å². The highest BCUT2D eigenvalue weighted by atomic mass is 15.1. The van der Waals surface area contributed by atoms with Crippen LogP contribution in [0.1, 0.15) is 5.56 Å². The van der Waals surface area contributed by atoms with Crippen LogP contribution < -0.4 is 5.73 Å². The minimum atomic E-state index is 0.429. The number of pyridine rings is 1. The highest BCUT2D eigenvalue weighted by Gasteiger charge is 2.11. The third-order valence-electron chi connectivity index (χ3n) is 2.43. The summed E-state index contributed by atoms with van der Waals surface area (Å²) >= 11 is 0. The number of aryl methyl sites for hydroxylation is 1. The number of hydrogen-bond acceptors (Lipinski definition) is 3. The summed E-state index contributed by atoms with van der Waals surface area (Å²) in [5.74, 6) is 3.11. The first-order valence-electron chi connectivity index (χ1n) is 4.89. The summed E-state index contributed by atoms with van der Waals surface area (Å²) in [6.07, 6.45) is 10.4. The minimum absolute atomic E-state index is 0.429. The van der Waals surface area contributed by atoms with E-state index in [1.54, 1.807) is 23.3 Å². The summed E-state index contributed by atoms with van der Waals surface area (Å²) in [7, 11) is 0. The number of hydrogen-bond donors (Lipinski definition) is 1. The third kappa shape index (κ3) is 1.63. The quantitative estimate of drug-likeness (QED) is 0.767. The van der Waals surface area contributed by atoms with Crippen LogP contribution in [0.5, 0.6) is 0 Å². The Morgan fingerprint density at radius 3 is 3.06 bits per heavy atom. The Balaban J connectivity index is 2.50. The van der Waals surface area contributed by atoms with Crippen LogP contribution in [0.4, 0.5) is 5.82 Å². The van der Waals surface area contributed by atoms with E-state index in [-0.39, 0.29) is 0 Å². The number of nitrogens with two attached hydrogens (primary N) is 1. The predicted octanol–water partition coefficient (Wildman–Crippen LogP) is 1.47. The van der Waals surface area contributed by atoms with E-state index in [9.17, 15) is 0 Å². The third-order valence-corrected chi connectivity index (χ3v) is 2.43. The lowest BCUT2D eigenvalue weighted by atomic mass is 10.1. The fraction of sp³-hybridized carbons (Fsp3) is 0.167. The van der Waals surface area contributed by atoms with Gasteiger partial charge in [-0.15, -0.1) is 6.42 Å². The molecule has 2 heterocycles. The number of anilines is 1. The van der Waals surface area contributed by atoms with E-state index >= 15 is 0 Å². The van der Waals surface area contributed by atoms with Gasteiger partial charge in [-0.05, 0) is 18.6 Å². The average molecular weight is 212 g/mol. The Hall–Kier alpha value is -2.28. The van der Waals surface area contributed by atoms with Crippen LogP contribution >= 0.6 is 0 Å². The lowest BCUT2D eigenvalue weighted by Gasteiger charge is -2.04. The van der Waals surface area contributed by atoms with E-state index < -0.39 is 0 Å². The topological polar surface area (TPSA) is 56.7 Å². The van der Waals surface area contributed by atoms with Gasteiger partial charge in [0.05, 0.1) is 12.9 Å². The van der Waals surface area contributed by atoms with Crippen LogP contribution in [0.2, 0.25) is 0 Å². The number of nitrogen functional groups attached to an aromatic ring is 1. The second-order valence-corrected chi connectivity index (χ2v) is 3.50. The van der Waals surface area contributed by atoms with Crippen LogP contribution in [0.15, 0.2) is 24.8 Å². The molecule has 0 aliphatic rings. The number of aromatic nitrogens is 3. The lowest BCUT2D eigenvalue weighted by molar-refractivity contribution is 0.852. The van der Waals surface area contributed by atoms with Crippen molar-refractivity contribution in [2.45, 2.75) is 13.5 Å². The molecule has 4 heteroatoms. The summed E-state index contributed by atoms with van der Waals surface area (Å²) in [5, 5.41) is 0. The van der Waals surface area contributed by atoms with Crippen molar-refractivity contribution in [1.29, 1.82) is 0 Å². The van der Waals surface area contributed by atoms with Gasteiger partial charge in [0.1, 0.15) is 11.5 Å². The first kappa shape index (κ1) is 10.2. The van der Waals surface area contributed by atoms with E-state index in [4.69, 9.17) is 12.2 Å². The zero-order chi connectivity index (χ0) is 11.5. The van der Waals surface area contributed by atoms with Gasteiger partial charge in [0, 0.05) is 18.0 Å². The highest BCUT2D eigenvalue weighted by molar-refractivity contribution is 5.72. The summed E-state index contributed by atoms with van der Waals surface area (Å²) in [6, 6.07) is 1.93. The Kier molecular flexibility index (Phi) is 2.61. The van der Waals surface area contributed by atoms with Crippen molar-refractivity contribution in [2.75, 3.05) is 5.73 Å². The van der Waals surface area contributed by atoms with Gasteiger partial charge in [-0.25, -0.2) is 4.98 Å². The molecule has 0 saturated carbocycles. The van der Waals surface area contributed by atoms with Crippen molar-refractivity contribution in [3.05, 3.63) is 30.4 Å². The van der Waals surface area contributed by atoms with Crippen LogP contribution in [0.3, 0.4) is 0 Å². The standard InChI is InChI=1S/C12H12N4/c1-3-6-16-8-15-11(12(16)13)10-7-14-5-4-9(10)2/h1,4-5,7-8H,6,13H2,2H3. The molecule has 0 amide bonds. The Morgan fingerprint density at radius 2 is 2.38 bits per heavy atom. The molecule has 80 valence electrons. The summed E-state index contributed by atoms with van der Waals surface area (Å²) in [5.41, 5.74) is 8.74. The van der Waals surface area contributed by atoms with Crippen LogP contribution in [-0.2, 0) is 6.54 Å². The van der Waals surface area contributed by atoms with Crippen molar-refractivity contribution >= 4 is 5.82 Å². The minimum Gasteiger partial charge on any atom is -0.383 e. The maximum absolute atomic E-state index is 5.97. The van der Waals surface area contributed by atoms with E-state index in [1.807, 2.05) is 13.0 Å². The van der Waals surface area contributed by atoms with Crippen molar-refractivity contribution < 1.29 is 0 Å². The molecule has 2 rings (SSSR count). The first-order valence-corrected chi connectivity index (χ1v) is 4.89. The molecule has 0 spiro atoms. The molecular formula is C12H12N4. The SMILES string of the molecule is C#CCn1cnc(-c2cnccc2C)c1N. The maximum atomic E-state index is 5.97. The molecule has 0 aliphatic heterocycles. The summed E-state index contributed by atoms with van der Waals surface area (Å²) in [4.78, 5) is 8.34. The normalized spacial score (nSPS) is 10.0. The number of terminal acetylenes is 1. The average Bonchev–Trinajstić information content (AvgIpc) is 2.62. The molecule has 0 saturated heterocycles. The summed E-state index contributed by atoms with van der Waals surface area (Å²) < 4.78 is 1.74. The monoisotopic (exact) mass is 212 g/mol. The predicted molar refractivity (Wildman–Crippen MR) is 63.4 cm³/mol. The van der Waals surface area contributed by atoms with Crippen molar-refractivity contribution in [1.82, 2.24) is 14.5 Å². The second-order valence-electron chi connectivity index (χ2n) is 3.50. The molecule has 4 nitrogen and oxygen atoms in total. The number of rotatable bonds is 2. The van der Waals surface area contributed by atoms with Gasteiger partial charge in [-0.1, -0.05) is 5.92 Å². The molecule has 0 fully saturated rings. The maximum Gasteiger partial charge on any atom is 0.132 e. The molecule has 0 bridgehead atoms. The van der Waals surface area contributed by atoms with Crippen LogP contribution in [0, 0.1) is 19.3 Å². The molecule has 16 heavy (non-hydrogen) atoms. The molecule has 2 N–H and O–H groups in total. The van der Waals surface area contributed by atoms with Crippen LogP contribution in [0.25, 0.3) is 11.3 Å². The van der Waals surface area contributed by atoms with Gasteiger partial charge in [0.15, 0.2) is 0 Å². The van der Waals surface area contributed by atoms with Crippen molar-refractivity contribution in [3.8, 4) is 23.6 Å². The second kappa shape index (κ2) is 4.07. The van der Waals surface area contributed by atoms with Gasteiger partial charge in [0.2, 0.25) is 0 Å². The Bertz CT molecular complexity index is 548. The van der Waals surface area contributed by atoms with Crippen LogP contribution in [-0.4, -0.2) is 14.5 Å². The molecule has 2 aromatic heterocycles. The Labute approximate surface area is 94.1 Å². The number of imidazole rings is 1. The molecular weight excluding hydrogens is 200 g/mol. The molecule has 0 atom stereocenters. The van der Waals surface area contributed by atoms with Gasteiger partial charge < -0.3 is 10.3 Å². The molecule has 2 aromatic rings. The lowest BCUT2D eigenvalue weighted by Crippen LogP contribution is -2.01. The fourth-order valence-corrected chi connectivity index (χ4v) is 1.54. The van der Waals surface area contributed by atoms with Gasteiger partial charge >= 0.3 is 0 Å². The highest BCUT2D eigenvalue weighted by Crippen LogP contribution is 2.25. The van der Waals surface area contributed by atoms with Gasteiger partial charge in [0.25, 0.3) is 0 Å². The number of nitrogens with zero attached hydrogens (tertiary/aromatic N) is 3. The molecule has 0 radical (unpaired) electrons. The van der Waals surface area contributed by atoms with E-state index in [0.29, 0.717) is 12.4 Å². The zero-order valence-electron chi connectivity index (χ0n) is 9.01. The van der Waals surface area contributed by atoms with Gasteiger partial charge in [-0.3, -0.25) is 4.98 Å². The smallest absolute Gasteiger partial charge is 0.132 e. The Morgan fingerprint density at radius 1 is 1.56 bits per heavy atom. The van der Waals surface area contributed by atoms with E-state index in [1.165, 1.54) is 0 Å². The molecule has 0 aliphatic carbocycles. The van der Waals surface area contributed by atoms with E-state index in [0.717, 1.165) is 16.8 Å².